The van der Waals surface area contributed by atoms with Crippen molar-refractivity contribution < 1.29 is 22.3 Å². The Bertz CT molecular complexity index is 1670. The normalized spacial score (nSPS) is 15.1. The average molecular weight is 636 g/mol. The Balaban J connectivity index is 1.45. The Morgan fingerprint density at radius 1 is 0.889 bits per heavy atom. The Labute approximate surface area is 263 Å². The summed E-state index contributed by atoms with van der Waals surface area (Å²) in [6, 6.07) is 17.2. The van der Waals surface area contributed by atoms with E-state index in [9.17, 15) is 8.42 Å². The smallest absolute Gasteiger partial charge is 0.229 e. The van der Waals surface area contributed by atoms with E-state index in [4.69, 9.17) is 14.5 Å². The second kappa shape index (κ2) is 13.8. The van der Waals surface area contributed by atoms with Crippen LogP contribution in [0.5, 0.6) is 11.5 Å². The van der Waals surface area contributed by atoms with Crippen LogP contribution in [0.1, 0.15) is 35.5 Å². The SMILES string of the molecule is COc1ccc(CN(Cc2ccc(OC)cc2)c2nc(C)nc(-c3cc(C(C)N4CCN(S(C)(=O)=O)CC4)cnc3F)n2)cc1. The molecule has 238 valence electrons. The van der Waals surface area contributed by atoms with Gasteiger partial charge in [0.1, 0.15) is 17.3 Å². The largest absolute Gasteiger partial charge is 0.497 e. The lowest BCUT2D eigenvalue weighted by Gasteiger charge is -2.37. The molecule has 0 N–H and O–H groups in total. The highest BCUT2D eigenvalue weighted by atomic mass is 32.2. The molecule has 5 rings (SSSR count). The molecular formula is C32H38FN7O4S. The van der Waals surface area contributed by atoms with Crippen LogP contribution in [0.15, 0.2) is 60.8 Å². The number of sulfonamides is 1. The Morgan fingerprint density at radius 3 is 1.96 bits per heavy atom. The first-order valence-corrected chi connectivity index (χ1v) is 16.5. The van der Waals surface area contributed by atoms with E-state index in [0.29, 0.717) is 51.0 Å². The summed E-state index contributed by atoms with van der Waals surface area (Å²) in [6.07, 6.45) is 2.74. The van der Waals surface area contributed by atoms with Gasteiger partial charge in [0, 0.05) is 51.5 Å². The van der Waals surface area contributed by atoms with Crippen LogP contribution >= 0.6 is 0 Å². The van der Waals surface area contributed by atoms with E-state index in [0.717, 1.165) is 28.2 Å². The van der Waals surface area contributed by atoms with Crippen LogP contribution in [0.3, 0.4) is 0 Å². The van der Waals surface area contributed by atoms with Crippen molar-refractivity contribution >= 4 is 16.0 Å². The molecule has 0 bridgehead atoms. The van der Waals surface area contributed by atoms with Crippen molar-refractivity contribution in [1.29, 1.82) is 0 Å². The van der Waals surface area contributed by atoms with Crippen molar-refractivity contribution in [3.8, 4) is 22.9 Å². The summed E-state index contributed by atoms with van der Waals surface area (Å²) in [5.74, 6) is 1.87. The molecule has 0 amide bonds. The van der Waals surface area contributed by atoms with E-state index in [1.165, 1.54) is 16.8 Å². The van der Waals surface area contributed by atoms with E-state index in [1.807, 2.05) is 60.4 Å². The second-order valence-corrected chi connectivity index (χ2v) is 13.0. The fraction of sp³-hybridized carbons (Fsp3) is 0.375. The summed E-state index contributed by atoms with van der Waals surface area (Å²) >= 11 is 0. The molecule has 1 fully saturated rings. The molecule has 1 unspecified atom stereocenters. The number of methoxy groups -OCH3 is 2. The number of hydrogen-bond donors (Lipinski definition) is 0. The third-order valence-electron chi connectivity index (χ3n) is 7.96. The number of halogens is 1. The summed E-state index contributed by atoms with van der Waals surface area (Å²) < 4.78 is 51.3. The molecule has 13 heteroatoms. The molecular weight excluding hydrogens is 597 g/mol. The van der Waals surface area contributed by atoms with Crippen LogP contribution in [-0.2, 0) is 23.1 Å². The molecule has 1 aliphatic rings. The highest BCUT2D eigenvalue weighted by Crippen LogP contribution is 2.28. The monoisotopic (exact) mass is 635 g/mol. The van der Waals surface area contributed by atoms with Crippen molar-refractivity contribution in [2.75, 3.05) is 51.6 Å². The molecule has 2 aromatic carbocycles. The second-order valence-electron chi connectivity index (χ2n) is 11.0. The lowest BCUT2D eigenvalue weighted by molar-refractivity contribution is 0.146. The van der Waals surface area contributed by atoms with Gasteiger partial charge in [0.25, 0.3) is 0 Å². The van der Waals surface area contributed by atoms with E-state index < -0.39 is 16.0 Å². The predicted octanol–water partition coefficient (Wildman–Crippen LogP) is 4.24. The van der Waals surface area contributed by atoms with Crippen LogP contribution in [0.2, 0.25) is 0 Å². The van der Waals surface area contributed by atoms with Gasteiger partial charge < -0.3 is 14.4 Å². The molecule has 1 atom stereocenters. The molecule has 0 radical (unpaired) electrons. The van der Waals surface area contributed by atoms with Gasteiger partial charge in [0.05, 0.1) is 26.0 Å². The zero-order valence-electron chi connectivity index (χ0n) is 26.1. The number of aryl methyl sites for hydroxylation is 1. The van der Waals surface area contributed by atoms with Gasteiger partial charge in [-0.15, -0.1) is 0 Å². The average Bonchev–Trinajstić information content (AvgIpc) is 3.04. The van der Waals surface area contributed by atoms with Crippen molar-refractivity contribution in [1.82, 2.24) is 29.1 Å². The van der Waals surface area contributed by atoms with Crippen LogP contribution < -0.4 is 14.4 Å². The van der Waals surface area contributed by atoms with Crippen molar-refractivity contribution in [3.05, 3.63) is 89.3 Å². The molecule has 45 heavy (non-hydrogen) atoms. The molecule has 1 saturated heterocycles. The van der Waals surface area contributed by atoms with Crippen LogP contribution in [-0.4, -0.2) is 84.2 Å². The Hall–Kier alpha value is -4.20. The molecule has 3 heterocycles. The lowest BCUT2D eigenvalue weighted by Crippen LogP contribution is -2.48. The Morgan fingerprint density at radius 2 is 1.44 bits per heavy atom. The van der Waals surface area contributed by atoms with Gasteiger partial charge in [0.2, 0.25) is 21.9 Å². The van der Waals surface area contributed by atoms with Crippen LogP contribution in [0, 0.1) is 12.9 Å². The highest BCUT2D eigenvalue weighted by Gasteiger charge is 2.27. The predicted molar refractivity (Wildman–Crippen MR) is 170 cm³/mol. The molecule has 0 spiro atoms. The van der Waals surface area contributed by atoms with E-state index in [1.54, 1.807) is 27.2 Å². The number of piperazine rings is 1. The van der Waals surface area contributed by atoms with Gasteiger partial charge in [-0.3, -0.25) is 4.90 Å². The molecule has 4 aromatic rings. The standard InChI is InChI=1S/C32H38FN7O4S/c1-22(38-14-16-40(17-15-38)45(5,41)42)26-18-29(30(33)34-19-26)31-35-23(2)36-32(37-31)39(20-24-6-10-27(43-3)11-7-24)21-25-8-12-28(44-4)13-9-25/h6-13,18-19,22H,14-17,20-21H2,1-5H3. The molecule has 1 aliphatic heterocycles. The quantitative estimate of drug-likeness (QED) is 0.222. The van der Waals surface area contributed by atoms with Gasteiger partial charge in [-0.1, -0.05) is 24.3 Å². The minimum Gasteiger partial charge on any atom is -0.497 e. The van der Waals surface area contributed by atoms with Crippen LogP contribution in [0.25, 0.3) is 11.4 Å². The summed E-state index contributed by atoms with van der Waals surface area (Å²) in [5.41, 5.74) is 2.99. The van der Waals surface area contributed by atoms with E-state index in [2.05, 4.69) is 19.9 Å². The maximum Gasteiger partial charge on any atom is 0.229 e. The van der Waals surface area contributed by atoms with Gasteiger partial charge in [0.15, 0.2) is 5.82 Å². The number of ether oxygens (including phenoxy) is 2. The van der Waals surface area contributed by atoms with Gasteiger partial charge in [-0.2, -0.15) is 18.7 Å². The number of rotatable bonds is 11. The summed E-state index contributed by atoms with van der Waals surface area (Å²) in [6.45, 7) is 6.64. The van der Waals surface area contributed by atoms with Crippen molar-refractivity contribution in [2.24, 2.45) is 0 Å². The minimum atomic E-state index is -3.24. The number of hydrogen-bond acceptors (Lipinski definition) is 10. The minimum absolute atomic E-state index is 0.123. The van der Waals surface area contributed by atoms with E-state index >= 15 is 4.39 Å². The molecule has 11 nitrogen and oxygen atoms in total. The van der Waals surface area contributed by atoms with Crippen molar-refractivity contribution in [3.63, 3.8) is 0 Å². The number of aromatic nitrogens is 4. The number of benzene rings is 2. The highest BCUT2D eigenvalue weighted by molar-refractivity contribution is 7.88. The number of pyridine rings is 1. The first-order chi connectivity index (χ1) is 21.5. The number of anilines is 1. The van der Waals surface area contributed by atoms with Gasteiger partial charge in [-0.05, 0) is 60.9 Å². The molecule has 2 aromatic heterocycles. The Kier molecular flexibility index (Phi) is 9.90. The third kappa shape index (κ3) is 7.91. The van der Waals surface area contributed by atoms with Crippen LogP contribution in [0.4, 0.5) is 10.3 Å². The zero-order valence-corrected chi connectivity index (χ0v) is 27.0. The topological polar surface area (TPSA) is 114 Å². The van der Waals surface area contributed by atoms with Gasteiger partial charge in [-0.25, -0.2) is 18.4 Å². The third-order valence-corrected chi connectivity index (χ3v) is 9.26. The summed E-state index contributed by atoms with van der Waals surface area (Å²) in [7, 11) is 0.0128. The first-order valence-electron chi connectivity index (χ1n) is 14.6. The zero-order chi connectivity index (χ0) is 32.1. The van der Waals surface area contributed by atoms with Crippen molar-refractivity contribution in [2.45, 2.75) is 33.0 Å². The summed E-state index contributed by atoms with van der Waals surface area (Å²) in [4.78, 5) is 22.2. The fourth-order valence-corrected chi connectivity index (χ4v) is 6.14. The fourth-order valence-electron chi connectivity index (χ4n) is 5.31. The number of nitrogens with zero attached hydrogens (tertiary/aromatic N) is 7. The lowest BCUT2D eigenvalue weighted by atomic mass is 10.1. The maximum absolute atomic E-state index is 15.3. The van der Waals surface area contributed by atoms with E-state index in [-0.39, 0.29) is 17.4 Å². The molecule has 0 saturated carbocycles. The first kappa shape index (κ1) is 32.2. The summed E-state index contributed by atoms with van der Waals surface area (Å²) in [5, 5.41) is 0. The molecule has 0 aliphatic carbocycles. The maximum atomic E-state index is 15.3. The van der Waals surface area contributed by atoms with Gasteiger partial charge >= 0.3 is 0 Å².